The first-order chi connectivity index (χ1) is 7.34. The molecule has 1 unspecified atom stereocenters. The Hall–Kier alpha value is -1.69. The Balaban J connectivity index is 3.03. The summed E-state index contributed by atoms with van der Waals surface area (Å²) in [5.74, 6) is -1.67. The highest BCUT2D eigenvalue weighted by molar-refractivity contribution is 5.78. The van der Waals surface area contributed by atoms with Crippen molar-refractivity contribution in [2.24, 2.45) is 0 Å². The van der Waals surface area contributed by atoms with Gasteiger partial charge in [-0.15, -0.1) is 0 Å². The average Bonchev–Trinajstić information content (AvgIpc) is 2.16. The summed E-state index contributed by atoms with van der Waals surface area (Å²) in [6.45, 7) is -1.94. The third-order valence-electron chi connectivity index (χ3n) is 2.04. The normalized spacial score (nSPS) is 14.6. The van der Waals surface area contributed by atoms with E-state index in [1.54, 1.807) is 0 Å². The molecule has 0 spiro atoms. The predicted octanol–water partition coefficient (Wildman–Crippen LogP) is 1.58. The molecular formula is C10H10F2O4. The fourth-order valence-electron chi connectivity index (χ4n) is 1.10. The molecule has 1 aromatic carbocycles. The van der Waals surface area contributed by atoms with E-state index in [1.807, 2.05) is 0 Å². The maximum absolute atomic E-state index is 11.9. The number of ether oxygens (including phenoxy) is 1. The molecule has 0 saturated carbocycles. The van der Waals surface area contributed by atoms with E-state index in [1.165, 1.54) is 18.2 Å². The lowest BCUT2D eigenvalue weighted by molar-refractivity contribution is -0.157. The lowest BCUT2D eigenvalue weighted by atomic mass is 9.96. The van der Waals surface area contributed by atoms with Crippen molar-refractivity contribution in [1.29, 1.82) is 0 Å². The molecule has 0 amide bonds. The van der Waals surface area contributed by atoms with Crippen LogP contribution in [0.3, 0.4) is 0 Å². The number of alkyl halides is 2. The topological polar surface area (TPSA) is 66.8 Å². The summed E-state index contributed by atoms with van der Waals surface area (Å²) >= 11 is 0. The first-order valence-electron chi connectivity index (χ1n) is 4.35. The Morgan fingerprint density at radius 3 is 2.62 bits per heavy atom. The smallest absolute Gasteiger partial charge is 0.387 e. The Kier molecular flexibility index (Phi) is 3.44. The minimum atomic E-state index is -3.00. The van der Waals surface area contributed by atoms with Crippen LogP contribution in [0.15, 0.2) is 24.3 Å². The summed E-state index contributed by atoms with van der Waals surface area (Å²) in [6, 6.07) is 4.94. The van der Waals surface area contributed by atoms with Gasteiger partial charge in [-0.2, -0.15) is 8.78 Å². The molecule has 16 heavy (non-hydrogen) atoms. The molecule has 0 heterocycles. The molecule has 1 atom stereocenters. The van der Waals surface area contributed by atoms with Crippen LogP contribution >= 0.6 is 0 Å². The van der Waals surface area contributed by atoms with Crippen LogP contribution in [-0.4, -0.2) is 22.8 Å². The zero-order valence-corrected chi connectivity index (χ0v) is 8.35. The minimum Gasteiger partial charge on any atom is -0.479 e. The van der Waals surface area contributed by atoms with Gasteiger partial charge < -0.3 is 14.9 Å². The van der Waals surface area contributed by atoms with Crippen molar-refractivity contribution in [2.45, 2.75) is 19.1 Å². The molecule has 0 radical (unpaired) electrons. The number of carboxylic acids is 1. The highest BCUT2D eigenvalue weighted by Gasteiger charge is 2.32. The molecule has 2 N–H and O–H groups in total. The molecule has 0 aliphatic heterocycles. The first kappa shape index (κ1) is 12.4. The van der Waals surface area contributed by atoms with E-state index < -0.39 is 18.2 Å². The van der Waals surface area contributed by atoms with Gasteiger partial charge in [0.15, 0.2) is 5.60 Å². The predicted molar refractivity (Wildman–Crippen MR) is 50.3 cm³/mol. The first-order valence-corrected chi connectivity index (χ1v) is 4.35. The molecule has 0 bridgehead atoms. The molecule has 0 saturated heterocycles. The van der Waals surface area contributed by atoms with Crippen molar-refractivity contribution < 1.29 is 28.5 Å². The van der Waals surface area contributed by atoms with Crippen LogP contribution in [-0.2, 0) is 10.4 Å². The lowest BCUT2D eigenvalue weighted by Gasteiger charge is -2.18. The fourth-order valence-corrected chi connectivity index (χ4v) is 1.10. The number of halogens is 2. The summed E-state index contributed by atoms with van der Waals surface area (Å²) in [7, 11) is 0. The third kappa shape index (κ3) is 2.66. The SMILES string of the molecule is CC(O)(C(=O)O)c1cccc(OC(F)F)c1. The van der Waals surface area contributed by atoms with E-state index in [9.17, 15) is 18.7 Å². The highest BCUT2D eigenvalue weighted by atomic mass is 19.3. The van der Waals surface area contributed by atoms with Crippen LogP contribution in [0.5, 0.6) is 5.75 Å². The van der Waals surface area contributed by atoms with E-state index in [4.69, 9.17) is 5.11 Å². The van der Waals surface area contributed by atoms with E-state index in [0.717, 1.165) is 13.0 Å². The summed E-state index contributed by atoms with van der Waals surface area (Å²) in [6.07, 6.45) is 0. The standard InChI is InChI=1S/C10H10F2O4/c1-10(15,8(13)14)6-3-2-4-7(5-6)16-9(11)12/h2-5,9,15H,1H3,(H,13,14). The van der Waals surface area contributed by atoms with Gasteiger partial charge in [0.2, 0.25) is 0 Å². The molecule has 0 aliphatic rings. The number of aliphatic carboxylic acids is 1. The van der Waals surface area contributed by atoms with Crippen LogP contribution in [0, 0.1) is 0 Å². The number of hydrogen-bond acceptors (Lipinski definition) is 3. The quantitative estimate of drug-likeness (QED) is 0.827. The second-order valence-corrected chi connectivity index (χ2v) is 3.28. The summed E-state index contributed by atoms with van der Waals surface area (Å²) in [5, 5.41) is 18.3. The number of aliphatic hydroxyl groups is 1. The van der Waals surface area contributed by atoms with Crippen LogP contribution in [0.2, 0.25) is 0 Å². The fraction of sp³-hybridized carbons (Fsp3) is 0.300. The third-order valence-corrected chi connectivity index (χ3v) is 2.04. The van der Waals surface area contributed by atoms with E-state index in [0.29, 0.717) is 0 Å². The van der Waals surface area contributed by atoms with Gasteiger partial charge in [-0.05, 0) is 24.6 Å². The van der Waals surface area contributed by atoms with Crippen molar-refractivity contribution in [1.82, 2.24) is 0 Å². The highest BCUT2D eigenvalue weighted by Crippen LogP contribution is 2.25. The van der Waals surface area contributed by atoms with Gasteiger partial charge >= 0.3 is 12.6 Å². The van der Waals surface area contributed by atoms with Crippen LogP contribution in [0.4, 0.5) is 8.78 Å². The largest absolute Gasteiger partial charge is 0.479 e. The summed E-state index contributed by atoms with van der Waals surface area (Å²) in [5.41, 5.74) is -2.17. The molecule has 88 valence electrons. The molecule has 6 heteroatoms. The number of benzene rings is 1. The number of rotatable bonds is 4. The zero-order valence-electron chi connectivity index (χ0n) is 8.35. The zero-order chi connectivity index (χ0) is 12.3. The van der Waals surface area contributed by atoms with E-state index >= 15 is 0 Å². The second kappa shape index (κ2) is 4.44. The van der Waals surface area contributed by atoms with Crippen LogP contribution < -0.4 is 4.74 Å². The monoisotopic (exact) mass is 232 g/mol. The van der Waals surface area contributed by atoms with E-state index in [2.05, 4.69) is 4.74 Å². The molecule has 0 aliphatic carbocycles. The van der Waals surface area contributed by atoms with Crippen LogP contribution in [0.25, 0.3) is 0 Å². The van der Waals surface area contributed by atoms with Gasteiger partial charge in [0.05, 0.1) is 0 Å². The van der Waals surface area contributed by atoms with Crippen molar-refractivity contribution in [3.63, 3.8) is 0 Å². The van der Waals surface area contributed by atoms with Gasteiger partial charge in [-0.25, -0.2) is 4.79 Å². The molecule has 0 aromatic heterocycles. The van der Waals surface area contributed by atoms with Crippen molar-refractivity contribution in [2.75, 3.05) is 0 Å². The minimum absolute atomic E-state index is 0.0295. The second-order valence-electron chi connectivity index (χ2n) is 3.28. The van der Waals surface area contributed by atoms with Crippen LogP contribution in [0.1, 0.15) is 12.5 Å². The molecule has 1 aromatic rings. The summed E-state index contributed by atoms with van der Waals surface area (Å²) in [4.78, 5) is 10.7. The summed E-state index contributed by atoms with van der Waals surface area (Å²) < 4.78 is 27.9. The van der Waals surface area contributed by atoms with Gasteiger partial charge in [0.25, 0.3) is 0 Å². The number of carbonyl (C=O) groups is 1. The van der Waals surface area contributed by atoms with Crippen molar-refractivity contribution in [3.8, 4) is 5.75 Å². The number of carboxylic acid groups (broad SMARTS) is 1. The number of hydrogen-bond donors (Lipinski definition) is 2. The van der Waals surface area contributed by atoms with Gasteiger partial charge in [-0.3, -0.25) is 0 Å². The van der Waals surface area contributed by atoms with E-state index in [-0.39, 0.29) is 11.3 Å². The Bertz CT molecular complexity index is 390. The maximum atomic E-state index is 11.9. The lowest BCUT2D eigenvalue weighted by Crippen LogP contribution is -2.31. The maximum Gasteiger partial charge on any atom is 0.387 e. The average molecular weight is 232 g/mol. The van der Waals surface area contributed by atoms with Gasteiger partial charge in [-0.1, -0.05) is 12.1 Å². The van der Waals surface area contributed by atoms with Crippen molar-refractivity contribution in [3.05, 3.63) is 29.8 Å². The molecular weight excluding hydrogens is 222 g/mol. The van der Waals surface area contributed by atoms with Crippen molar-refractivity contribution >= 4 is 5.97 Å². The Morgan fingerprint density at radius 1 is 1.50 bits per heavy atom. The van der Waals surface area contributed by atoms with Gasteiger partial charge in [0.1, 0.15) is 5.75 Å². The Labute approximate surface area is 90.1 Å². The molecule has 0 fully saturated rings. The molecule has 4 nitrogen and oxygen atoms in total. The van der Waals surface area contributed by atoms with Gasteiger partial charge in [0, 0.05) is 0 Å². The molecule has 1 rings (SSSR count). The Morgan fingerprint density at radius 2 is 2.12 bits per heavy atom.